The molecule has 15 heavy (non-hydrogen) atoms. The Kier molecular flexibility index (Phi) is 3.88. The molecule has 1 aliphatic rings. The number of allylic oxidation sites excluding steroid dienone is 1. The van der Waals surface area contributed by atoms with Crippen molar-refractivity contribution in [2.45, 2.75) is 32.7 Å². The van der Waals surface area contributed by atoms with E-state index in [9.17, 15) is 9.59 Å². The first-order chi connectivity index (χ1) is 7.00. The Morgan fingerprint density at radius 3 is 2.73 bits per heavy atom. The molecule has 0 aromatic carbocycles. The SMILES string of the molecule is C=C(C)NC(CC1CCNC1=O)C(C)=O. The molecule has 0 aromatic heterocycles. The minimum Gasteiger partial charge on any atom is -0.379 e. The molecular formula is C11H18N2O2. The van der Waals surface area contributed by atoms with Gasteiger partial charge in [-0.2, -0.15) is 0 Å². The average Bonchev–Trinajstić information content (AvgIpc) is 2.50. The van der Waals surface area contributed by atoms with Crippen LogP contribution in [0.4, 0.5) is 0 Å². The Balaban J connectivity index is 2.54. The number of hydrogen-bond acceptors (Lipinski definition) is 3. The van der Waals surface area contributed by atoms with Crippen LogP contribution in [0.25, 0.3) is 0 Å². The summed E-state index contributed by atoms with van der Waals surface area (Å²) < 4.78 is 0. The maximum Gasteiger partial charge on any atom is 0.223 e. The molecule has 0 spiro atoms. The molecule has 0 saturated carbocycles. The summed E-state index contributed by atoms with van der Waals surface area (Å²) in [5.41, 5.74) is 0.758. The molecule has 84 valence electrons. The molecule has 4 nitrogen and oxygen atoms in total. The number of hydrogen-bond donors (Lipinski definition) is 2. The normalized spacial score (nSPS) is 22.0. The Morgan fingerprint density at radius 2 is 2.33 bits per heavy atom. The summed E-state index contributed by atoms with van der Waals surface area (Å²) in [6.45, 7) is 7.78. The summed E-state index contributed by atoms with van der Waals surface area (Å²) in [6, 6.07) is -0.281. The molecule has 1 fully saturated rings. The van der Waals surface area contributed by atoms with Gasteiger partial charge in [0.15, 0.2) is 5.78 Å². The molecular weight excluding hydrogens is 192 g/mol. The molecule has 1 saturated heterocycles. The lowest BCUT2D eigenvalue weighted by atomic mass is 9.96. The summed E-state index contributed by atoms with van der Waals surface area (Å²) in [5, 5.41) is 5.77. The highest BCUT2D eigenvalue weighted by Gasteiger charge is 2.28. The van der Waals surface area contributed by atoms with Gasteiger partial charge < -0.3 is 10.6 Å². The predicted octanol–water partition coefficient (Wildman–Crippen LogP) is 0.593. The molecule has 0 bridgehead atoms. The van der Waals surface area contributed by atoms with Crippen molar-refractivity contribution in [3.63, 3.8) is 0 Å². The van der Waals surface area contributed by atoms with Crippen LogP contribution in [0.2, 0.25) is 0 Å². The van der Waals surface area contributed by atoms with Gasteiger partial charge in [0.2, 0.25) is 5.91 Å². The van der Waals surface area contributed by atoms with Crippen molar-refractivity contribution < 1.29 is 9.59 Å². The molecule has 2 N–H and O–H groups in total. The zero-order chi connectivity index (χ0) is 11.4. The maximum absolute atomic E-state index is 11.3. The van der Waals surface area contributed by atoms with Crippen molar-refractivity contribution in [2.24, 2.45) is 5.92 Å². The van der Waals surface area contributed by atoms with Gasteiger partial charge in [-0.25, -0.2) is 0 Å². The van der Waals surface area contributed by atoms with Crippen LogP contribution in [0.3, 0.4) is 0 Å². The van der Waals surface area contributed by atoms with Crippen LogP contribution in [0.15, 0.2) is 12.3 Å². The van der Waals surface area contributed by atoms with E-state index in [-0.39, 0.29) is 23.7 Å². The first-order valence-electron chi connectivity index (χ1n) is 5.21. The zero-order valence-corrected chi connectivity index (χ0v) is 9.30. The minimum atomic E-state index is -0.281. The van der Waals surface area contributed by atoms with Gasteiger partial charge in [0.25, 0.3) is 0 Å². The van der Waals surface area contributed by atoms with Gasteiger partial charge >= 0.3 is 0 Å². The van der Waals surface area contributed by atoms with Crippen molar-refractivity contribution in [3.05, 3.63) is 12.3 Å². The van der Waals surface area contributed by atoms with Gasteiger partial charge in [-0.3, -0.25) is 9.59 Å². The molecule has 1 rings (SSSR count). The topological polar surface area (TPSA) is 58.2 Å². The Morgan fingerprint density at radius 1 is 1.67 bits per heavy atom. The summed E-state index contributed by atoms with van der Waals surface area (Å²) in [7, 11) is 0. The second-order valence-electron chi connectivity index (χ2n) is 4.10. The fourth-order valence-electron chi connectivity index (χ4n) is 1.78. The van der Waals surface area contributed by atoms with E-state index in [1.165, 1.54) is 6.92 Å². The molecule has 1 amide bonds. The van der Waals surface area contributed by atoms with E-state index < -0.39 is 0 Å². The van der Waals surface area contributed by atoms with Crippen molar-refractivity contribution in [1.29, 1.82) is 0 Å². The van der Waals surface area contributed by atoms with Crippen LogP contribution >= 0.6 is 0 Å². The molecule has 1 aliphatic heterocycles. The van der Waals surface area contributed by atoms with Crippen molar-refractivity contribution in [3.8, 4) is 0 Å². The first kappa shape index (κ1) is 11.8. The maximum atomic E-state index is 11.3. The highest BCUT2D eigenvalue weighted by molar-refractivity contribution is 5.84. The highest BCUT2D eigenvalue weighted by atomic mass is 16.2. The molecule has 0 radical (unpaired) electrons. The number of rotatable bonds is 5. The van der Waals surface area contributed by atoms with Gasteiger partial charge in [0, 0.05) is 18.2 Å². The lowest BCUT2D eigenvalue weighted by Crippen LogP contribution is -2.37. The molecule has 2 atom stereocenters. The molecule has 0 aromatic rings. The zero-order valence-electron chi connectivity index (χ0n) is 9.30. The number of Topliss-reactive ketones (excluding diaryl/α,β-unsaturated/α-hetero) is 1. The average molecular weight is 210 g/mol. The standard InChI is InChI=1S/C11H18N2O2/c1-7(2)13-10(8(3)14)6-9-4-5-12-11(9)15/h9-10,13H,1,4-6H2,2-3H3,(H,12,15). The fraction of sp³-hybridized carbons (Fsp3) is 0.636. The minimum absolute atomic E-state index is 0.0363. The summed E-state index contributed by atoms with van der Waals surface area (Å²) in [6.07, 6.45) is 1.38. The first-order valence-corrected chi connectivity index (χ1v) is 5.21. The van der Waals surface area contributed by atoms with E-state index in [0.29, 0.717) is 6.42 Å². The van der Waals surface area contributed by atoms with E-state index in [0.717, 1.165) is 18.7 Å². The molecule has 1 heterocycles. The van der Waals surface area contributed by atoms with E-state index in [1.54, 1.807) is 0 Å². The molecule has 0 aliphatic carbocycles. The Hall–Kier alpha value is -1.32. The van der Waals surface area contributed by atoms with E-state index in [1.807, 2.05) is 6.92 Å². The fourth-order valence-corrected chi connectivity index (χ4v) is 1.78. The monoisotopic (exact) mass is 210 g/mol. The summed E-state index contributed by atoms with van der Waals surface area (Å²) in [4.78, 5) is 22.7. The van der Waals surface area contributed by atoms with E-state index in [4.69, 9.17) is 0 Å². The third-order valence-electron chi connectivity index (χ3n) is 2.59. The Labute approximate surface area is 90.1 Å². The van der Waals surface area contributed by atoms with Gasteiger partial charge in [-0.15, -0.1) is 0 Å². The number of amides is 1. The quantitative estimate of drug-likeness (QED) is 0.698. The van der Waals surface area contributed by atoms with Crippen LogP contribution in [-0.4, -0.2) is 24.3 Å². The second-order valence-corrected chi connectivity index (χ2v) is 4.10. The van der Waals surface area contributed by atoms with Gasteiger partial charge in [-0.05, 0) is 26.7 Å². The van der Waals surface area contributed by atoms with Crippen LogP contribution < -0.4 is 10.6 Å². The number of ketones is 1. The molecule has 2 unspecified atom stereocenters. The summed E-state index contributed by atoms with van der Waals surface area (Å²) in [5.74, 6) is 0.0771. The predicted molar refractivity (Wildman–Crippen MR) is 58.2 cm³/mol. The van der Waals surface area contributed by atoms with Crippen LogP contribution in [0.1, 0.15) is 26.7 Å². The van der Waals surface area contributed by atoms with Crippen molar-refractivity contribution in [2.75, 3.05) is 6.54 Å². The third kappa shape index (κ3) is 3.38. The number of carbonyl (C=O) groups excluding carboxylic acids is 2. The third-order valence-corrected chi connectivity index (χ3v) is 2.59. The lowest BCUT2D eigenvalue weighted by molar-refractivity contribution is -0.123. The number of carbonyl (C=O) groups is 2. The highest BCUT2D eigenvalue weighted by Crippen LogP contribution is 2.16. The largest absolute Gasteiger partial charge is 0.379 e. The second kappa shape index (κ2) is 4.96. The Bertz CT molecular complexity index is 286. The van der Waals surface area contributed by atoms with Gasteiger partial charge in [0.05, 0.1) is 6.04 Å². The number of nitrogens with one attached hydrogen (secondary N) is 2. The van der Waals surface area contributed by atoms with Gasteiger partial charge in [-0.1, -0.05) is 6.58 Å². The van der Waals surface area contributed by atoms with E-state index in [2.05, 4.69) is 17.2 Å². The van der Waals surface area contributed by atoms with Crippen LogP contribution in [0.5, 0.6) is 0 Å². The van der Waals surface area contributed by atoms with Gasteiger partial charge in [0.1, 0.15) is 0 Å². The van der Waals surface area contributed by atoms with Crippen LogP contribution in [-0.2, 0) is 9.59 Å². The van der Waals surface area contributed by atoms with Crippen molar-refractivity contribution in [1.82, 2.24) is 10.6 Å². The smallest absolute Gasteiger partial charge is 0.223 e. The molecule has 4 heteroatoms. The van der Waals surface area contributed by atoms with Crippen LogP contribution in [0, 0.1) is 5.92 Å². The lowest BCUT2D eigenvalue weighted by Gasteiger charge is -2.19. The van der Waals surface area contributed by atoms with E-state index >= 15 is 0 Å². The summed E-state index contributed by atoms with van der Waals surface area (Å²) >= 11 is 0. The van der Waals surface area contributed by atoms with Crippen molar-refractivity contribution >= 4 is 11.7 Å².